The molecule has 2 N–H and O–H groups in total. The van der Waals surface area contributed by atoms with Gasteiger partial charge in [0.05, 0.1) is 23.3 Å². The number of aromatic nitrogens is 3. The van der Waals surface area contributed by atoms with Crippen molar-refractivity contribution in [1.29, 1.82) is 0 Å². The van der Waals surface area contributed by atoms with Gasteiger partial charge < -0.3 is 14.6 Å². The van der Waals surface area contributed by atoms with Gasteiger partial charge in [0.2, 0.25) is 16.7 Å². The number of piperidine rings is 1. The molecule has 29 heavy (non-hydrogen) atoms. The molecule has 4 heterocycles. The average molecular weight is 475 g/mol. The van der Waals surface area contributed by atoms with E-state index >= 15 is 0 Å². The van der Waals surface area contributed by atoms with Crippen molar-refractivity contribution in [3.05, 3.63) is 57.6 Å². The number of aromatic hydroxyl groups is 1. The minimum Gasteiger partial charge on any atom is -0.492 e. The number of nitrogens with zero attached hydrogens (tertiary/aromatic N) is 4. The lowest BCUT2D eigenvalue weighted by Gasteiger charge is -2.36. The van der Waals surface area contributed by atoms with E-state index in [-0.39, 0.29) is 18.0 Å². The van der Waals surface area contributed by atoms with Gasteiger partial charge in [0.15, 0.2) is 5.76 Å². The van der Waals surface area contributed by atoms with E-state index in [0.29, 0.717) is 29.4 Å². The van der Waals surface area contributed by atoms with Crippen LogP contribution in [0.15, 0.2) is 51.6 Å². The number of aliphatic hydroxyl groups excluding tert-OH is 1. The molecule has 5 rings (SSSR count). The van der Waals surface area contributed by atoms with Crippen LogP contribution in [0.4, 0.5) is 0 Å². The van der Waals surface area contributed by atoms with E-state index in [1.165, 1.54) is 15.9 Å². The van der Waals surface area contributed by atoms with Crippen molar-refractivity contribution in [2.45, 2.75) is 25.0 Å². The zero-order chi connectivity index (χ0) is 20.0. The number of hydrogen-bond acceptors (Lipinski definition) is 7. The van der Waals surface area contributed by atoms with Crippen LogP contribution in [0.5, 0.6) is 5.88 Å². The highest BCUT2D eigenvalue weighted by molar-refractivity contribution is 9.10. The topological polar surface area (TPSA) is 87.0 Å². The van der Waals surface area contributed by atoms with Gasteiger partial charge in [-0.2, -0.15) is 9.50 Å². The first-order valence-electron chi connectivity index (χ1n) is 9.40. The summed E-state index contributed by atoms with van der Waals surface area (Å²) in [6.07, 6.45) is 2.74. The minimum atomic E-state index is -0.263. The quantitative estimate of drug-likeness (QED) is 0.463. The Balaban J connectivity index is 1.59. The molecule has 9 heteroatoms. The first-order valence-corrected chi connectivity index (χ1v) is 11.0. The molecule has 7 nitrogen and oxygen atoms in total. The molecular weight excluding hydrogens is 456 g/mol. The van der Waals surface area contributed by atoms with Crippen molar-refractivity contribution in [2.75, 3.05) is 13.1 Å². The van der Waals surface area contributed by atoms with Crippen LogP contribution in [-0.2, 0) is 0 Å². The van der Waals surface area contributed by atoms with E-state index in [0.717, 1.165) is 28.0 Å². The van der Waals surface area contributed by atoms with Crippen LogP contribution in [-0.4, -0.2) is 48.9 Å². The normalized spacial score (nSPS) is 17.2. The molecule has 1 saturated heterocycles. The third-order valence-electron chi connectivity index (χ3n) is 5.22. The van der Waals surface area contributed by atoms with Crippen molar-refractivity contribution in [3.63, 3.8) is 0 Å². The van der Waals surface area contributed by atoms with Crippen LogP contribution in [0.25, 0.3) is 16.5 Å². The standard InChI is InChI=1S/C20H19BrN4O3S/c21-13-4-1-3-12(11-13)16(24-8-6-14(26)7-9-24)17-19(27)25-20(29-17)22-18(23-25)15-5-2-10-28-15/h1-5,10-11,14,16,26-27H,6-9H2/t16-/m0/s1. The van der Waals surface area contributed by atoms with E-state index in [1.54, 1.807) is 18.4 Å². The highest BCUT2D eigenvalue weighted by Gasteiger charge is 2.32. The summed E-state index contributed by atoms with van der Waals surface area (Å²) in [6.45, 7) is 1.51. The molecule has 0 spiro atoms. The van der Waals surface area contributed by atoms with E-state index in [2.05, 4.69) is 43.0 Å². The molecule has 1 aliphatic rings. The van der Waals surface area contributed by atoms with E-state index in [4.69, 9.17) is 4.42 Å². The second kappa shape index (κ2) is 7.56. The Bertz CT molecular complexity index is 1130. The summed E-state index contributed by atoms with van der Waals surface area (Å²) in [5.41, 5.74) is 1.07. The molecule has 0 aliphatic carbocycles. The number of thiazole rings is 1. The predicted octanol–water partition coefficient (Wildman–Crippen LogP) is 4.07. The fourth-order valence-electron chi connectivity index (χ4n) is 3.79. The Morgan fingerprint density at radius 2 is 2.03 bits per heavy atom. The predicted molar refractivity (Wildman–Crippen MR) is 113 cm³/mol. The molecule has 0 radical (unpaired) electrons. The van der Waals surface area contributed by atoms with Gasteiger partial charge in [-0.3, -0.25) is 4.90 Å². The molecule has 4 aromatic rings. The Labute approximate surface area is 179 Å². The Kier molecular flexibility index (Phi) is 4.91. The summed E-state index contributed by atoms with van der Waals surface area (Å²) in [6, 6.07) is 11.5. The summed E-state index contributed by atoms with van der Waals surface area (Å²) >= 11 is 4.98. The van der Waals surface area contributed by atoms with Gasteiger partial charge >= 0.3 is 0 Å². The van der Waals surface area contributed by atoms with Crippen molar-refractivity contribution < 1.29 is 14.6 Å². The summed E-state index contributed by atoms with van der Waals surface area (Å²) in [5.74, 6) is 1.10. The van der Waals surface area contributed by atoms with Crippen molar-refractivity contribution in [3.8, 4) is 17.5 Å². The first-order chi connectivity index (χ1) is 14.1. The lowest BCUT2D eigenvalue weighted by molar-refractivity contribution is 0.0689. The summed E-state index contributed by atoms with van der Waals surface area (Å²) in [7, 11) is 0. The van der Waals surface area contributed by atoms with Gasteiger partial charge in [0.25, 0.3) is 0 Å². The molecule has 3 aromatic heterocycles. The number of likely N-dealkylation sites (tertiary alicyclic amines) is 1. The smallest absolute Gasteiger partial charge is 0.230 e. The van der Waals surface area contributed by atoms with Crippen molar-refractivity contribution in [2.24, 2.45) is 0 Å². The molecule has 0 saturated carbocycles. The SMILES string of the molecule is Oc1c([C@H](c2cccc(Br)c2)N2CCC(O)CC2)sc2nc(-c3ccco3)nn12. The van der Waals surface area contributed by atoms with E-state index in [9.17, 15) is 10.2 Å². The molecule has 1 fully saturated rings. The first kappa shape index (κ1) is 18.8. The van der Waals surface area contributed by atoms with Crippen LogP contribution >= 0.6 is 27.3 Å². The summed E-state index contributed by atoms with van der Waals surface area (Å²) in [5, 5.41) is 25.4. The lowest BCUT2D eigenvalue weighted by atomic mass is 9.99. The average Bonchev–Trinajstić information content (AvgIpc) is 3.43. The largest absolute Gasteiger partial charge is 0.492 e. The minimum absolute atomic E-state index is 0.0893. The van der Waals surface area contributed by atoms with Crippen molar-refractivity contribution in [1.82, 2.24) is 19.5 Å². The monoisotopic (exact) mass is 474 g/mol. The third kappa shape index (κ3) is 3.48. The zero-order valence-corrected chi connectivity index (χ0v) is 17.8. The molecule has 0 bridgehead atoms. The molecule has 1 aromatic carbocycles. The van der Waals surface area contributed by atoms with Crippen LogP contribution in [0.1, 0.15) is 29.3 Å². The highest BCUT2D eigenvalue weighted by Crippen LogP contribution is 2.41. The summed E-state index contributed by atoms with van der Waals surface area (Å²) < 4.78 is 7.83. The number of fused-ring (bicyclic) bond motifs is 1. The van der Waals surface area contributed by atoms with Crippen LogP contribution in [0, 0.1) is 0 Å². The Morgan fingerprint density at radius 3 is 2.72 bits per heavy atom. The summed E-state index contributed by atoms with van der Waals surface area (Å²) in [4.78, 5) is 8.24. The number of rotatable bonds is 4. The van der Waals surface area contributed by atoms with Gasteiger partial charge in [-0.15, -0.1) is 5.10 Å². The number of furan rings is 1. The lowest BCUT2D eigenvalue weighted by Crippen LogP contribution is -2.38. The van der Waals surface area contributed by atoms with Crippen LogP contribution < -0.4 is 0 Å². The van der Waals surface area contributed by atoms with E-state index in [1.807, 2.05) is 12.1 Å². The van der Waals surface area contributed by atoms with Crippen molar-refractivity contribution >= 4 is 32.2 Å². The number of aliphatic hydroxyl groups is 1. The highest BCUT2D eigenvalue weighted by atomic mass is 79.9. The molecule has 1 atom stereocenters. The number of hydrogen-bond donors (Lipinski definition) is 2. The van der Waals surface area contributed by atoms with Crippen LogP contribution in [0.3, 0.4) is 0 Å². The maximum absolute atomic E-state index is 11.0. The number of benzene rings is 1. The molecule has 0 amide bonds. The fourth-order valence-corrected chi connectivity index (χ4v) is 5.32. The van der Waals surface area contributed by atoms with Gasteiger partial charge in [0.1, 0.15) is 0 Å². The van der Waals surface area contributed by atoms with Gasteiger partial charge in [0, 0.05) is 17.6 Å². The maximum atomic E-state index is 11.0. The zero-order valence-electron chi connectivity index (χ0n) is 15.4. The molecule has 0 unspecified atom stereocenters. The fraction of sp³-hybridized carbons (Fsp3) is 0.300. The van der Waals surface area contributed by atoms with Gasteiger partial charge in [-0.05, 0) is 42.7 Å². The Hall–Kier alpha value is -2.20. The molecular formula is C20H19BrN4O3S. The second-order valence-electron chi connectivity index (χ2n) is 7.12. The number of halogens is 1. The van der Waals surface area contributed by atoms with Gasteiger partial charge in [-0.25, -0.2) is 0 Å². The molecule has 1 aliphatic heterocycles. The molecule has 150 valence electrons. The van der Waals surface area contributed by atoms with Gasteiger partial charge in [-0.1, -0.05) is 39.4 Å². The maximum Gasteiger partial charge on any atom is 0.230 e. The van der Waals surface area contributed by atoms with Crippen LogP contribution in [0.2, 0.25) is 0 Å². The Morgan fingerprint density at radius 1 is 1.21 bits per heavy atom. The second-order valence-corrected chi connectivity index (χ2v) is 9.05. The third-order valence-corrected chi connectivity index (χ3v) is 6.78. The van der Waals surface area contributed by atoms with E-state index < -0.39 is 0 Å².